The van der Waals surface area contributed by atoms with Crippen LogP contribution in [0.3, 0.4) is 0 Å². The third kappa shape index (κ3) is 3.14. The first-order chi connectivity index (χ1) is 12.6. The fourth-order valence-electron chi connectivity index (χ4n) is 3.71. The van der Waals surface area contributed by atoms with Gasteiger partial charge in [0, 0.05) is 31.5 Å². The van der Waals surface area contributed by atoms with Gasteiger partial charge in [0.05, 0.1) is 5.69 Å². The Bertz CT molecular complexity index is 976. The van der Waals surface area contributed by atoms with Gasteiger partial charge in [-0.1, -0.05) is 12.1 Å². The molecule has 0 radical (unpaired) electrons. The number of amides is 1. The number of nitrogens with zero attached hydrogens (tertiary/aromatic N) is 3. The van der Waals surface area contributed by atoms with E-state index in [2.05, 4.69) is 9.97 Å². The first-order valence-corrected chi connectivity index (χ1v) is 9.02. The van der Waals surface area contributed by atoms with Gasteiger partial charge in [-0.05, 0) is 49.8 Å². The van der Waals surface area contributed by atoms with E-state index >= 15 is 0 Å². The van der Waals surface area contributed by atoms with Crippen LogP contribution in [0.4, 0.5) is 0 Å². The molecule has 1 aliphatic rings. The Morgan fingerprint density at radius 3 is 2.73 bits per heavy atom. The zero-order chi connectivity index (χ0) is 18.1. The summed E-state index contributed by atoms with van der Waals surface area (Å²) in [6.45, 7) is 3.44. The first kappa shape index (κ1) is 16.6. The summed E-state index contributed by atoms with van der Waals surface area (Å²) in [6, 6.07) is 9.24. The number of carbonyl (C=O) groups excluding carboxylic acids is 1. The molecular formula is C20H22N4O2. The van der Waals surface area contributed by atoms with Gasteiger partial charge in [0.25, 0.3) is 5.91 Å². The topological polar surface area (TPSA) is 70.5 Å². The zero-order valence-electron chi connectivity index (χ0n) is 14.8. The minimum Gasteiger partial charge on any atom is -0.337 e. The fraction of sp³-hybridized carbons (Fsp3) is 0.350. The predicted octanol–water partition coefficient (Wildman–Crippen LogP) is 2.43. The molecule has 26 heavy (non-hydrogen) atoms. The quantitative estimate of drug-likeness (QED) is 0.789. The molecule has 0 saturated carbocycles. The summed E-state index contributed by atoms with van der Waals surface area (Å²) in [5.41, 5.74) is 3.32. The molecule has 0 aliphatic carbocycles. The number of piperidine rings is 1. The monoisotopic (exact) mass is 350 g/mol. The number of hydrogen-bond acceptors (Lipinski definition) is 3. The maximum atomic E-state index is 12.9. The van der Waals surface area contributed by atoms with Crippen molar-refractivity contribution in [3.05, 3.63) is 70.0 Å². The van der Waals surface area contributed by atoms with Crippen LogP contribution in [0.1, 0.15) is 34.6 Å². The van der Waals surface area contributed by atoms with Crippen LogP contribution in [0.15, 0.2) is 47.5 Å². The van der Waals surface area contributed by atoms with Crippen molar-refractivity contribution in [2.75, 3.05) is 13.1 Å². The molecule has 0 aromatic carbocycles. The number of aromatic amines is 1. The summed E-state index contributed by atoms with van der Waals surface area (Å²) in [4.78, 5) is 33.2. The van der Waals surface area contributed by atoms with Gasteiger partial charge in [-0.25, -0.2) is 4.98 Å². The van der Waals surface area contributed by atoms with Gasteiger partial charge >= 0.3 is 0 Å². The number of carbonyl (C=O) groups is 1. The Morgan fingerprint density at radius 1 is 1.23 bits per heavy atom. The van der Waals surface area contributed by atoms with E-state index < -0.39 is 0 Å². The minimum atomic E-state index is -0.0722. The average molecular weight is 350 g/mol. The highest BCUT2D eigenvalue weighted by Crippen LogP contribution is 2.23. The SMILES string of the molecule is Cc1c(C(=O)N2CCC(Cc3ccc(=O)[nH]c3)CC2)nc2ccccn12. The third-order valence-corrected chi connectivity index (χ3v) is 5.25. The third-order valence-electron chi connectivity index (χ3n) is 5.25. The highest BCUT2D eigenvalue weighted by molar-refractivity contribution is 5.94. The lowest BCUT2D eigenvalue weighted by atomic mass is 9.90. The van der Waals surface area contributed by atoms with E-state index in [-0.39, 0.29) is 11.5 Å². The van der Waals surface area contributed by atoms with Crippen molar-refractivity contribution in [1.82, 2.24) is 19.3 Å². The number of imidazole rings is 1. The van der Waals surface area contributed by atoms with Gasteiger partial charge in [-0.3, -0.25) is 9.59 Å². The van der Waals surface area contributed by atoms with Crippen LogP contribution < -0.4 is 5.56 Å². The highest BCUT2D eigenvalue weighted by atomic mass is 16.2. The minimum absolute atomic E-state index is 0.0219. The molecule has 1 amide bonds. The number of aryl methyl sites for hydroxylation is 1. The Kier molecular flexibility index (Phi) is 4.32. The Balaban J connectivity index is 1.42. The average Bonchev–Trinajstić information content (AvgIpc) is 3.01. The molecule has 134 valence electrons. The largest absolute Gasteiger partial charge is 0.337 e. The summed E-state index contributed by atoms with van der Waals surface area (Å²) < 4.78 is 1.95. The van der Waals surface area contributed by atoms with Crippen molar-refractivity contribution in [1.29, 1.82) is 0 Å². The molecule has 1 fully saturated rings. The van der Waals surface area contributed by atoms with Crippen molar-refractivity contribution in [2.45, 2.75) is 26.2 Å². The van der Waals surface area contributed by atoms with Crippen LogP contribution >= 0.6 is 0 Å². The van der Waals surface area contributed by atoms with E-state index in [1.54, 1.807) is 12.3 Å². The lowest BCUT2D eigenvalue weighted by molar-refractivity contribution is 0.0684. The lowest BCUT2D eigenvalue weighted by Crippen LogP contribution is -2.39. The second-order valence-corrected chi connectivity index (χ2v) is 6.98. The van der Waals surface area contributed by atoms with Crippen molar-refractivity contribution in [3.8, 4) is 0 Å². The first-order valence-electron chi connectivity index (χ1n) is 9.02. The lowest BCUT2D eigenvalue weighted by Gasteiger charge is -2.31. The van der Waals surface area contributed by atoms with Crippen molar-refractivity contribution in [3.63, 3.8) is 0 Å². The normalized spacial score (nSPS) is 15.5. The summed E-state index contributed by atoms with van der Waals surface area (Å²) in [5, 5.41) is 0. The van der Waals surface area contributed by atoms with Gasteiger partial charge in [-0.15, -0.1) is 0 Å². The van der Waals surface area contributed by atoms with Crippen LogP contribution in [-0.2, 0) is 6.42 Å². The van der Waals surface area contributed by atoms with E-state index in [0.717, 1.165) is 49.3 Å². The number of nitrogens with one attached hydrogen (secondary N) is 1. The summed E-state index contributed by atoms with van der Waals surface area (Å²) >= 11 is 0. The summed E-state index contributed by atoms with van der Waals surface area (Å²) in [7, 11) is 0. The Labute approximate surface area is 151 Å². The van der Waals surface area contributed by atoms with Crippen LogP contribution in [0.2, 0.25) is 0 Å². The van der Waals surface area contributed by atoms with E-state index in [0.29, 0.717) is 11.6 Å². The zero-order valence-corrected chi connectivity index (χ0v) is 14.8. The molecule has 4 rings (SSSR count). The number of hydrogen-bond donors (Lipinski definition) is 1. The molecule has 6 heteroatoms. The molecule has 0 atom stereocenters. The van der Waals surface area contributed by atoms with Gasteiger partial charge in [0.2, 0.25) is 5.56 Å². The van der Waals surface area contributed by atoms with E-state index in [1.807, 2.05) is 46.7 Å². The van der Waals surface area contributed by atoms with Gasteiger partial charge in [0.15, 0.2) is 0 Å². The molecule has 1 N–H and O–H groups in total. The molecule has 3 aromatic heterocycles. The van der Waals surface area contributed by atoms with Gasteiger partial charge < -0.3 is 14.3 Å². The van der Waals surface area contributed by atoms with Gasteiger partial charge in [-0.2, -0.15) is 0 Å². The van der Waals surface area contributed by atoms with E-state index in [1.165, 1.54) is 0 Å². The molecule has 0 spiro atoms. The van der Waals surface area contributed by atoms with Crippen molar-refractivity contribution >= 4 is 11.6 Å². The molecule has 3 aromatic rings. The van der Waals surface area contributed by atoms with Crippen molar-refractivity contribution < 1.29 is 4.79 Å². The molecule has 0 bridgehead atoms. The smallest absolute Gasteiger partial charge is 0.274 e. The van der Waals surface area contributed by atoms with Crippen LogP contribution in [0.5, 0.6) is 0 Å². The number of likely N-dealkylation sites (tertiary alicyclic amines) is 1. The van der Waals surface area contributed by atoms with Crippen LogP contribution in [0.25, 0.3) is 5.65 Å². The summed E-state index contributed by atoms with van der Waals surface area (Å²) in [5.74, 6) is 0.556. The van der Waals surface area contributed by atoms with Crippen molar-refractivity contribution in [2.24, 2.45) is 5.92 Å². The number of H-pyrrole nitrogens is 1. The number of aromatic nitrogens is 3. The maximum absolute atomic E-state index is 12.9. The van der Waals surface area contributed by atoms with Crippen LogP contribution in [-0.4, -0.2) is 38.3 Å². The maximum Gasteiger partial charge on any atom is 0.274 e. The Hall–Kier alpha value is -2.89. The molecule has 0 unspecified atom stereocenters. The number of pyridine rings is 2. The molecule has 6 nitrogen and oxygen atoms in total. The van der Waals surface area contributed by atoms with E-state index in [4.69, 9.17) is 0 Å². The number of rotatable bonds is 3. The standard InChI is InChI=1S/C20H22N4O2/c1-14-19(22-17-4-2-3-9-24(14)17)20(26)23-10-7-15(8-11-23)12-16-5-6-18(25)21-13-16/h2-6,9,13,15H,7-8,10-12H2,1H3,(H,21,25). The molecule has 1 aliphatic heterocycles. The second-order valence-electron chi connectivity index (χ2n) is 6.98. The second kappa shape index (κ2) is 6.78. The fourth-order valence-corrected chi connectivity index (χ4v) is 3.71. The van der Waals surface area contributed by atoms with E-state index in [9.17, 15) is 9.59 Å². The Morgan fingerprint density at radius 2 is 2.04 bits per heavy atom. The van der Waals surface area contributed by atoms with Gasteiger partial charge in [0.1, 0.15) is 11.3 Å². The molecule has 1 saturated heterocycles. The highest BCUT2D eigenvalue weighted by Gasteiger charge is 2.26. The van der Waals surface area contributed by atoms with Crippen LogP contribution in [0, 0.1) is 12.8 Å². The summed E-state index contributed by atoms with van der Waals surface area (Å²) in [6.07, 6.45) is 6.60. The molecule has 4 heterocycles. The molecular weight excluding hydrogens is 328 g/mol. The number of fused-ring (bicyclic) bond motifs is 1. The predicted molar refractivity (Wildman–Crippen MR) is 99.3 cm³/mol.